The number of hydrogen-bond acceptors (Lipinski definition) is 4. The van der Waals surface area contributed by atoms with E-state index in [1.54, 1.807) is 13.0 Å². The summed E-state index contributed by atoms with van der Waals surface area (Å²) in [5, 5.41) is 3.37. The van der Waals surface area contributed by atoms with E-state index in [4.69, 9.17) is 4.42 Å². The summed E-state index contributed by atoms with van der Waals surface area (Å²) in [6, 6.07) is 5.48. The number of hydrogen-bond donors (Lipinski definition) is 1. The van der Waals surface area contributed by atoms with Crippen molar-refractivity contribution in [2.24, 2.45) is 0 Å². The Hall–Kier alpha value is -1.86. The van der Waals surface area contributed by atoms with Crippen LogP contribution >= 0.6 is 0 Å². The van der Waals surface area contributed by atoms with E-state index in [0.29, 0.717) is 23.9 Å². The molecule has 0 saturated carbocycles. The summed E-state index contributed by atoms with van der Waals surface area (Å²) in [5.41, 5.74) is 0.415. The topological polar surface area (TPSA) is 41.3 Å². The quantitative estimate of drug-likeness (QED) is 0.930. The zero-order valence-electron chi connectivity index (χ0n) is 13.7. The van der Waals surface area contributed by atoms with Crippen LogP contribution in [0.25, 0.3) is 11.5 Å². The second kappa shape index (κ2) is 6.57. The molecule has 0 aliphatic carbocycles. The normalized spacial score (nSPS) is 19.6. The summed E-state index contributed by atoms with van der Waals surface area (Å²) in [7, 11) is 0. The monoisotopic (exact) mass is 339 g/mol. The lowest BCUT2D eigenvalue weighted by Gasteiger charge is -2.31. The van der Waals surface area contributed by atoms with Crippen molar-refractivity contribution in [3.8, 4) is 11.5 Å². The molecule has 1 aromatic carbocycles. The van der Waals surface area contributed by atoms with Crippen molar-refractivity contribution in [1.29, 1.82) is 0 Å². The van der Waals surface area contributed by atoms with Crippen molar-refractivity contribution in [2.75, 3.05) is 19.6 Å². The lowest BCUT2D eigenvalue weighted by atomic mass is 10.1. The molecule has 1 atom stereocenters. The van der Waals surface area contributed by atoms with E-state index in [1.165, 1.54) is 6.07 Å². The highest BCUT2D eigenvalue weighted by Gasteiger charge is 2.31. The third kappa shape index (κ3) is 3.79. The predicted molar refractivity (Wildman–Crippen MR) is 84.4 cm³/mol. The molecule has 1 saturated heterocycles. The van der Waals surface area contributed by atoms with Gasteiger partial charge in [0, 0.05) is 37.8 Å². The fourth-order valence-electron chi connectivity index (χ4n) is 2.89. The number of rotatable bonds is 3. The number of piperazine rings is 1. The highest BCUT2D eigenvalue weighted by molar-refractivity contribution is 5.55. The Bertz CT molecular complexity index is 711. The van der Waals surface area contributed by atoms with Crippen molar-refractivity contribution < 1.29 is 17.6 Å². The van der Waals surface area contributed by atoms with Crippen molar-refractivity contribution in [2.45, 2.75) is 32.6 Å². The van der Waals surface area contributed by atoms with Crippen molar-refractivity contribution in [3.63, 3.8) is 0 Å². The van der Waals surface area contributed by atoms with Crippen LogP contribution in [0, 0.1) is 6.92 Å². The van der Waals surface area contributed by atoms with Gasteiger partial charge in [0.25, 0.3) is 0 Å². The van der Waals surface area contributed by atoms with Crippen LogP contribution in [0.3, 0.4) is 0 Å². The minimum Gasteiger partial charge on any atom is -0.441 e. The van der Waals surface area contributed by atoms with Crippen LogP contribution in [-0.2, 0) is 12.7 Å². The van der Waals surface area contributed by atoms with E-state index < -0.39 is 11.7 Å². The molecule has 2 heterocycles. The SMILES string of the molecule is Cc1oc(-c2cccc(C(F)(F)F)c2)nc1CN1CCNC(C)C1. The molecule has 4 nitrogen and oxygen atoms in total. The van der Waals surface area contributed by atoms with Crippen LogP contribution in [0.15, 0.2) is 28.7 Å². The van der Waals surface area contributed by atoms with Gasteiger partial charge in [-0.2, -0.15) is 13.2 Å². The molecule has 0 bridgehead atoms. The average molecular weight is 339 g/mol. The van der Waals surface area contributed by atoms with Gasteiger partial charge < -0.3 is 9.73 Å². The summed E-state index contributed by atoms with van der Waals surface area (Å²) in [5.74, 6) is 0.880. The van der Waals surface area contributed by atoms with Crippen molar-refractivity contribution in [1.82, 2.24) is 15.2 Å². The zero-order valence-corrected chi connectivity index (χ0v) is 13.7. The number of aromatic nitrogens is 1. The summed E-state index contributed by atoms with van der Waals surface area (Å²) >= 11 is 0. The van der Waals surface area contributed by atoms with E-state index in [0.717, 1.165) is 37.5 Å². The average Bonchev–Trinajstić information content (AvgIpc) is 2.88. The second-order valence-electron chi connectivity index (χ2n) is 6.19. The summed E-state index contributed by atoms with van der Waals surface area (Å²) in [6.07, 6.45) is -4.38. The number of aryl methyl sites for hydroxylation is 1. The first-order valence-electron chi connectivity index (χ1n) is 7.92. The highest BCUT2D eigenvalue weighted by Crippen LogP contribution is 2.32. The number of benzene rings is 1. The Morgan fingerprint density at radius 3 is 2.88 bits per heavy atom. The third-order valence-electron chi connectivity index (χ3n) is 4.16. The minimum absolute atomic E-state index is 0.233. The Labute approximate surface area is 138 Å². The van der Waals surface area contributed by atoms with Gasteiger partial charge in [-0.05, 0) is 32.0 Å². The first-order valence-corrected chi connectivity index (χ1v) is 7.92. The fourth-order valence-corrected chi connectivity index (χ4v) is 2.89. The lowest BCUT2D eigenvalue weighted by molar-refractivity contribution is -0.137. The van der Waals surface area contributed by atoms with Gasteiger partial charge in [-0.25, -0.2) is 4.98 Å². The molecule has 3 rings (SSSR count). The van der Waals surface area contributed by atoms with Crippen LogP contribution in [0.2, 0.25) is 0 Å². The van der Waals surface area contributed by atoms with E-state index in [2.05, 4.69) is 22.1 Å². The fraction of sp³-hybridized carbons (Fsp3) is 0.471. The van der Waals surface area contributed by atoms with Gasteiger partial charge in [0.05, 0.1) is 11.3 Å². The minimum atomic E-state index is -4.38. The Morgan fingerprint density at radius 1 is 1.38 bits per heavy atom. The van der Waals surface area contributed by atoms with Gasteiger partial charge >= 0.3 is 6.18 Å². The molecule has 7 heteroatoms. The molecular weight excluding hydrogens is 319 g/mol. The summed E-state index contributed by atoms with van der Waals surface area (Å²) < 4.78 is 44.2. The molecule has 1 unspecified atom stereocenters. The summed E-state index contributed by atoms with van der Waals surface area (Å²) in [6.45, 7) is 7.29. The first kappa shape index (κ1) is 17.0. The van der Waals surface area contributed by atoms with Crippen molar-refractivity contribution in [3.05, 3.63) is 41.3 Å². The smallest absolute Gasteiger partial charge is 0.416 e. The van der Waals surface area contributed by atoms with Gasteiger partial charge in [0.15, 0.2) is 0 Å². The van der Waals surface area contributed by atoms with Gasteiger partial charge in [-0.3, -0.25) is 4.90 Å². The van der Waals surface area contributed by atoms with E-state index in [-0.39, 0.29) is 5.89 Å². The Morgan fingerprint density at radius 2 is 2.17 bits per heavy atom. The van der Waals surface area contributed by atoms with E-state index >= 15 is 0 Å². The molecule has 0 amide bonds. The van der Waals surface area contributed by atoms with Gasteiger partial charge in [-0.1, -0.05) is 6.07 Å². The molecule has 24 heavy (non-hydrogen) atoms. The largest absolute Gasteiger partial charge is 0.441 e. The first-order chi connectivity index (χ1) is 11.3. The van der Waals surface area contributed by atoms with Crippen LogP contribution in [-0.4, -0.2) is 35.6 Å². The van der Waals surface area contributed by atoms with Crippen LogP contribution in [0.1, 0.15) is 23.9 Å². The predicted octanol–water partition coefficient (Wildman–Crippen LogP) is 3.46. The number of oxazole rings is 1. The Balaban J connectivity index is 1.81. The highest BCUT2D eigenvalue weighted by atomic mass is 19.4. The Kier molecular flexibility index (Phi) is 4.64. The maximum absolute atomic E-state index is 12.9. The maximum atomic E-state index is 12.9. The molecule has 1 N–H and O–H groups in total. The molecule has 1 fully saturated rings. The van der Waals surface area contributed by atoms with Crippen molar-refractivity contribution >= 4 is 0 Å². The molecule has 1 aliphatic rings. The lowest BCUT2D eigenvalue weighted by Crippen LogP contribution is -2.48. The van der Waals surface area contributed by atoms with Crippen LogP contribution < -0.4 is 5.32 Å². The number of nitrogens with zero attached hydrogens (tertiary/aromatic N) is 2. The molecule has 0 spiro atoms. The van der Waals surface area contributed by atoms with Crippen LogP contribution in [0.4, 0.5) is 13.2 Å². The molecule has 1 aliphatic heterocycles. The van der Waals surface area contributed by atoms with Gasteiger partial charge in [0.2, 0.25) is 5.89 Å². The number of nitrogens with one attached hydrogen (secondary N) is 1. The standard InChI is InChI=1S/C17H20F3N3O/c1-11-9-23(7-6-21-11)10-15-12(2)24-16(22-15)13-4-3-5-14(8-13)17(18,19)20/h3-5,8,11,21H,6-7,9-10H2,1-2H3. The zero-order chi connectivity index (χ0) is 17.3. The number of alkyl halides is 3. The molecule has 0 radical (unpaired) electrons. The van der Waals surface area contributed by atoms with E-state index in [9.17, 15) is 13.2 Å². The van der Waals surface area contributed by atoms with E-state index in [1.807, 2.05) is 0 Å². The number of halogens is 3. The maximum Gasteiger partial charge on any atom is 0.416 e. The third-order valence-corrected chi connectivity index (χ3v) is 4.16. The molecular formula is C17H20F3N3O. The summed E-state index contributed by atoms with van der Waals surface area (Å²) in [4.78, 5) is 6.69. The van der Waals surface area contributed by atoms with Gasteiger partial charge in [0.1, 0.15) is 5.76 Å². The molecule has 130 valence electrons. The second-order valence-corrected chi connectivity index (χ2v) is 6.19. The molecule has 2 aromatic rings. The molecule has 1 aromatic heterocycles. The van der Waals surface area contributed by atoms with Crippen LogP contribution in [0.5, 0.6) is 0 Å². The van der Waals surface area contributed by atoms with Gasteiger partial charge in [-0.15, -0.1) is 0 Å².